The van der Waals surface area contributed by atoms with E-state index in [9.17, 15) is 14.4 Å². The van der Waals surface area contributed by atoms with E-state index in [2.05, 4.69) is 9.98 Å². The van der Waals surface area contributed by atoms with Crippen molar-refractivity contribution in [1.82, 2.24) is 14.0 Å². The number of pyridine rings is 2. The Morgan fingerprint density at radius 3 is 2.63 bits per heavy atom. The van der Waals surface area contributed by atoms with Crippen molar-refractivity contribution in [3.8, 4) is 0 Å². The Balaban J connectivity index is 2.01. The summed E-state index contributed by atoms with van der Waals surface area (Å²) in [5.41, 5.74) is 1.21. The van der Waals surface area contributed by atoms with E-state index < -0.39 is 11.9 Å². The number of benzene rings is 1. The van der Waals surface area contributed by atoms with Crippen LogP contribution in [0, 0.1) is 0 Å². The first kappa shape index (κ1) is 23.8. The molecule has 9 nitrogen and oxygen atoms in total. The summed E-state index contributed by atoms with van der Waals surface area (Å²) in [7, 11) is 1.53. The number of ether oxygens (including phenoxy) is 2. The molecular formula is C26H24N4O5. The molecule has 0 atom stereocenters. The van der Waals surface area contributed by atoms with Crippen molar-refractivity contribution in [2.75, 3.05) is 20.3 Å². The van der Waals surface area contributed by atoms with Crippen molar-refractivity contribution in [2.24, 2.45) is 4.99 Å². The van der Waals surface area contributed by atoms with Crippen LogP contribution >= 0.6 is 0 Å². The minimum absolute atomic E-state index is 0.00769. The third-order valence-electron chi connectivity index (χ3n) is 5.24. The van der Waals surface area contributed by atoms with Crippen molar-refractivity contribution >= 4 is 34.6 Å². The van der Waals surface area contributed by atoms with Gasteiger partial charge in [-0.25, -0.2) is 9.78 Å². The molecule has 4 aromatic rings. The number of carbonyl (C=O) groups is 2. The molecule has 0 radical (unpaired) electrons. The fourth-order valence-electron chi connectivity index (χ4n) is 3.63. The first-order chi connectivity index (χ1) is 17.0. The Bertz CT molecular complexity index is 1550. The number of carbonyl (C=O) groups excluding carboxylic acids is 2. The summed E-state index contributed by atoms with van der Waals surface area (Å²) in [5.74, 6) is -1.28. The van der Waals surface area contributed by atoms with Gasteiger partial charge in [0.25, 0.3) is 11.5 Å². The third-order valence-corrected chi connectivity index (χ3v) is 5.24. The molecule has 0 bridgehead atoms. The summed E-state index contributed by atoms with van der Waals surface area (Å²) < 4.78 is 13.4. The van der Waals surface area contributed by atoms with Gasteiger partial charge in [-0.1, -0.05) is 36.4 Å². The van der Waals surface area contributed by atoms with Crippen LogP contribution in [0.4, 0.5) is 0 Å². The summed E-state index contributed by atoms with van der Waals surface area (Å²) in [6, 6.07) is 15.9. The van der Waals surface area contributed by atoms with Crippen LogP contribution in [0.1, 0.15) is 22.8 Å². The molecular weight excluding hydrogens is 448 g/mol. The lowest BCUT2D eigenvalue weighted by Gasteiger charge is -2.14. The minimum Gasteiger partial charge on any atom is -0.462 e. The van der Waals surface area contributed by atoms with E-state index in [-0.39, 0.29) is 47.4 Å². The molecule has 0 fully saturated rings. The normalized spacial score (nSPS) is 12.0. The maximum atomic E-state index is 13.3. The summed E-state index contributed by atoms with van der Waals surface area (Å²) in [4.78, 5) is 47.8. The van der Waals surface area contributed by atoms with Crippen LogP contribution in [-0.2, 0) is 20.8 Å². The van der Waals surface area contributed by atoms with Gasteiger partial charge in [0.15, 0.2) is 5.49 Å². The lowest BCUT2D eigenvalue weighted by Crippen LogP contribution is -2.33. The van der Waals surface area contributed by atoms with Gasteiger partial charge in [-0.05, 0) is 36.8 Å². The van der Waals surface area contributed by atoms with E-state index in [4.69, 9.17) is 9.47 Å². The molecule has 0 saturated heterocycles. The van der Waals surface area contributed by atoms with E-state index in [1.807, 2.05) is 30.3 Å². The lowest BCUT2D eigenvalue weighted by molar-refractivity contribution is -0.113. The summed E-state index contributed by atoms with van der Waals surface area (Å²) in [6.45, 7) is 2.22. The zero-order valence-corrected chi connectivity index (χ0v) is 19.4. The predicted octanol–water partition coefficient (Wildman–Crippen LogP) is 2.61. The van der Waals surface area contributed by atoms with Gasteiger partial charge in [-0.15, -0.1) is 0 Å². The molecule has 3 heterocycles. The Hall–Kier alpha value is -4.37. The summed E-state index contributed by atoms with van der Waals surface area (Å²) >= 11 is 0. The number of aromatic nitrogens is 3. The molecule has 0 aliphatic carbocycles. The zero-order valence-electron chi connectivity index (χ0n) is 19.4. The fraction of sp³-hybridized carbons (Fsp3) is 0.192. The fourth-order valence-corrected chi connectivity index (χ4v) is 3.63. The standard InChI is InChI=1S/C26H24N4O5/c1-3-35-26(33)20-17-19-23(27-21-11-7-8-14-29(21)25(19)32)30(15-16-34-2)24(20)28-22(31)13-12-18-9-5-4-6-10-18/h4-14,17H,3,15-16H2,1-2H3. The molecule has 1 aromatic carbocycles. The second-order valence-corrected chi connectivity index (χ2v) is 7.52. The van der Waals surface area contributed by atoms with Crippen molar-refractivity contribution in [1.29, 1.82) is 0 Å². The van der Waals surface area contributed by atoms with Gasteiger partial charge in [-0.3, -0.25) is 14.0 Å². The molecule has 0 unspecified atom stereocenters. The first-order valence-corrected chi connectivity index (χ1v) is 11.1. The van der Waals surface area contributed by atoms with Gasteiger partial charge < -0.3 is 14.0 Å². The number of amides is 1. The van der Waals surface area contributed by atoms with Crippen molar-refractivity contribution < 1.29 is 19.1 Å². The van der Waals surface area contributed by atoms with Crippen LogP contribution in [0.15, 0.2) is 76.7 Å². The van der Waals surface area contributed by atoms with Gasteiger partial charge in [0.2, 0.25) is 0 Å². The van der Waals surface area contributed by atoms with Crippen molar-refractivity contribution in [2.45, 2.75) is 13.5 Å². The average Bonchev–Trinajstić information content (AvgIpc) is 2.87. The molecule has 0 N–H and O–H groups in total. The number of nitrogens with zero attached hydrogens (tertiary/aromatic N) is 4. The number of rotatable bonds is 7. The van der Waals surface area contributed by atoms with E-state index in [1.165, 1.54) is 23.7 Å². The highest BCUT2D eigenvalue weighted by Gasteiger charge is 2.19. The molecule has 35 heavy (non-hydrogen) atoms. The van der Waals surface area contributed by atoms with Crippen LogP contribution in [-0.4, -0.2) is 46.2 Å². The maximum Gasteiger partial charge on any atom is 0.341 e. The molecule has 9 heteroatoms. The number of esters is 1. The smallest absolute Gasteiger partial charge is 0.341 e. The van der Waals surface area contributed by atoms with Crippen LogP contribution < -0.4 is 11.0 Å². The largest absolute Gasteiger partial charge is 0.462 e. The number of fused-ring (bicyclic) bond motifs is 2. The van der Waals surface area contributed by atoms with Gasteiger partial charge >= 0.3 is 5.97 Å². The van der Waals surface area contributed by atoms with Crippen LogP contribution in [0.2, 0.25) is 0 Å². The van der Waals surface area contributed by atoms with E-state index in [0.717, 1.165) is 5.56 Å². The summed E-state index contributed by atoms with van der Waals surface area (Å²) in [5, 5.41) is 0.194. The second kappa shape index (κ2) is 10.7. The van der Waals surface area contributed by atoms with Crippen molar-refractivity contribution in [3.63, 3.8) is 0 Å². The van der Waals surface area contributed by atoms with Gasteiger partial charge in [0.05, 0.1) is 18.6 Å². The molecule has 3 aromatic heterocycles. The molecule has 1 amide bonds. The first-order valence-electron chi connectivity index (χ1n) is 11.1. The van der Waals surface area contributed by atoms with Crippen LogP contribution in [0.25, 0.3) is 22.8 Å². The molecule has 178 valence electrons. The van der Waals surface area contributed by atoms with Gasteiger partial charge in [-0.2, -0.15) is 4.99 Å². The van der Waals surface area contributed by atoms with Gasteiger partial charge in [0.1, 0.15) is 16.9 Å². The Labute approximate surface area is 200 Å². The van der Waals surface area contributed by atoms with Crippen LogP contribution in [0.5, 0.6) is 0 Å². The molecule has 0 aliphatic heterocycles. The Morgan fingerprint density at radius 1 is 1.11 bits per heavy atom. The average molecular weight is 473 g/mol. The highest BCUT2D eigenvalue weighted by molar-refractivity contribution is 5.95. The Kier molecular flexibility index (Phi) is 7.27. The Morgan fingerprint density at radius 2 is 1.89 bits per heavy atom. The highest BCUT2D eigenvalue weighted by Crippen LogP contribution is 2.12. The molecule has 4 rings (SSSR count). The number of methoxy groups -OCH3 is 1. The van der Waals surface area contributed by atoms with E-state index in [1.54, 1.807) is 42.0 Å². The monoisotopic (exact) mass is 472 g/mol. The maximum absolute atomic E-state index is 13.3. The molecule has 0 saturated carbocycles. The van der Waals surface area contributed by atoms with E-state index in [0.29, 0.717) is 5.65 Å². The minimum atomic E-state index is -0.697. The van der Waals surface area contributed by atoms with Crippen molar-refractivity contribution in [3.05, 3.63) is 93.8 Å². The van der Waals surface area contributed by atoms with Crippen LogP contribution in [0.3, 0.4) is 0 Å². The van der Waals surface area contributed by atoms with E-state index >= 15 is 0 Å². The molecule has 0 aliphatic rings. The predicted molar refractivity (Wildman–Crippen MR) is 131 cm³/mol. The quantitative estimate of drug-likeness (QED) is 0.233. The second-order valence-electron chi connectivity index (χ2n) is 7.52. The lowest BCUT2D eigenvalue weighted by atomic mass is 10.2. The third kappa shape index (κ3) is 5.10. The highest BCUT2D eigenvalue weighted by atomic mass is 16.5. The number of hydrogen-bond acceptors (Lipinski definition) is 6. The number of hydrogen-bond donors (Lipinski definition) is 0. The molecule has 0 spiro atoms. The topological polar surface area (TPSA) is 104 Å². The SMILES string of the molecule is CCOC(=O)c1cc2c(=O)n3ccccc3nc2n(CCOC)c1=NC(=O)C=Cc1ccccc1. The van der Waals surface area contributed by atoms with Gasteiger partial charge in [0, 0.05) is 25.9 Å². The summed E-state index contributed by atoms with van der Waals surface area (Å²) in [6.07, 6.45) is 4.55. The zero-order chi connectivity index (χ0) is 24.8.